The maximum absolute atomic E-state index is 10.5. The second-order valence-corrected chi connectivity index (χ2v) is 14.9. The van der Waals surface area contributed by atoms with Crippen LogP contribution in [0.5, 0.6) is 23.0 Å². The summed E-state index contributed by atoms with van der Waals surface area (Å²) in [6.45, 7) is -0.463. The molecule has 57 heavy (non-hydrogen) atoms. The third-order valence-corrected chi connectivity index (χ3v) is 12.1. The van der Waals surface area contributed by atoms with Crippen LogP contribution < -0.4 is 25.9 Å². The number of rotatable bonds is 1. The van der Waals surface area contributed by atoms with E-state index in [1.807, 2.05) is 97.1 Å². The summed E-state index contributed by atoms with van der Waals surface area (Å²) < 4.78 is 37.3. The Kier molecular flexibility index (Phi) is 5.30. The topological polar surface area (TPSA) is 86.6 Å². The van der Waals surface area contributed by atoms with Crippen LogP contribution in [-0.2, 0) is 0 Å². The van der Waals surface area contributed by atoms with Crippen molar-refractivity contribution in [3.63, 3.8) is 0 Å². The van der Waals surface area contributed by atoms with Crippen LogP contribution in [0.15, 0.2) is 153 Å². The van der Waals surface area contributed by atoms with E-state index < -0.39 is 6.71 Å². The number of aromatic nitrogens is 1. The zero-order valence-corrected chi connectivity index (χ0v) is 29.8. The molecule has 0 saturated heterocycles. The van der Waals surface area contributed by atoms with Crippen molar-refractivity contribution in [3.05, 3.63) is 145 Å². The summed E-state index contributed by atoms with van der Waals surface area (Å²) in [6.07, 6.45) is 0. The maximum atomic E-state index is 10.5. The molecule has 7 nitrogen and oxygen atoms in total. The number of hydrogen-bond acceptors (Lipinski definition) is 6. The molecule has 0 fully saturated rings. The van der Waals surface area contributed by atoms with Crippen molar-refractivity contribution in [2.75, 3.05) is 0 Å². The van der Waals surface area contributed by atoms with E-state index >= 15 is 0 Å². The Bertz CT molecular complexity index is 3860. The number of benzene rings is 8. The highest BCUT2D eigenvalue weighted by Gasteiger charge is 2.47. The largest absolute Gasteiger partial charge is 0.456 e. The molecule has 0 amide bonds. The summed E-state index contributed by atoms with van der Waals surface area (Å²) >= 11 is 0. The summed E-state index contributed by atoms with van der Waals surface area (Å²) in [5, 5.41) is 18.4. The summed E-state index contributed by atoms with van der Waals surface area (Å²) in [5.74, 6) is 2.60. The summed E-state index contributed by atoms with van der Waals surface area (Å²) in [6, 6.07) is 49.0. The fraction of sp³-hybridized carbons (Fsp3) is 0. The highest BCUT2D eigenvalue weighted by molar-refractivity contribution is 7.01. The third kappa shape index (κ3) is 3.49. The lowest BCUT2D eigenvalue weighted by molar-refractivity contribution is 0.463. The Labute approximate surface area is 322 Å². The van der Waals surface area contributed by atoms with Gasteiger partial charge in [-0.15, -0.1) is 0 Å². The molecule has 0 bridgehead atoms. The first kappa shape index (κ1) is 29.5. The Balaban J connectivity index is 1.25. The van der Waals surface area contributed by atoms with Crippen molar-refractivity contribution in [2.45, 2.75) is 0 Å². The summed E-state index contributed by atoms with van der Waals surface area (Å²) in [4.78, 5) is 0. The van der Waals surface area contributed by atoms with E-state index in [0.717, 1.165) is 104 Å². The van der Waals surface area contributed by atoms with Crippen LogP contribution in [0.25, 0.3) is 93.3 Å². The molecule has 2 aliphatic heterocycles. The van der Waals surface area contributed by atoms with Gasteiger partial charge in [0.25, 0.3) is 6.71 Å². The van der Waals surface area contributed by atoms with Gasteiger partial charge >= 0.3 is 0 Å². The minimum atomic E-state index is -0.463. The van der Waals surface area contributed by atoms with Gasteiger partial charge < -0.3 is 27.3 Å². The Morgan fingerprint density at radius 3 is 1.63 bits per heavy atom. The van der Waals surface area contributed by atoms with Crippen molar-refractivity contribution in [3.8, 4) is 34.8 Å². The normalized spacial score (nSPS) is 13.1. The molecular formula is C49H23BN2O5. The second-order valence-electron chi connectivity index (χ2n) is 14.9. The van der Waals surface area contributed by atoms with Crippen molar-refractivity contribution < 1.29 is 22.7 Å². The van der Waals surface area contributed by atoms with Gasteiger partial charge in [0, 0.05) is 59.5 Å². The lowest BCUT2D eigenvalue weighted by Gasteiger charge is -2.33. The summed E-state index contributed by atoms with van der Waals surface area (Å²) in [7, 11) is 0. The number of furan rings is 3. The fourth-order valence-corrected chi connectivity index (χ4v) is 9.97. The first-order valence-electron chi connectivity index (χ1n) is 18.9. The highest BCUT2D eigenvalue weighted by Crippen LogP contribution is 2.51. The fourth-order valence-electron chi connectivity index (χ4n) is 9.97. The van der Waals surface area contributed by atoms with Gasteiger partial charge in [0.15, 0.2) is 17.1 Å². The number of hydrogen-bond donors (Lipinski definition) is 0. The van der Waals surface area contributed by atoms with Crippen LogP contribution in [0.1, 0.15) is 5.56 Å². The molecule has 0 saturated carbocycles. The molecule has 0 N–H and O–H groups in total. The molecule has 0 atom stereocenters. The molecule has 6 heterocycles. The molecule has 14 rings (SSSR count). The van der Waals surface area contributed by atoms with Gasteiger partial charge in [-0.2, -0.15) is 5.26 Å². The molecule has 0 unspecified atom stereocenters. The quantitative estimate of drug-likeness (QED) is 0.156. The molecule has 0 spiro atoms. The highest BCUT2D eigenvalue weighted by atomic mass is 16.5. The van der Waals surface area contributed by atoms with Crippen LogP contribution in [-0.4, -0.2) is 11.3 Å². The molecule has 12 aromatic rings. The van der Waals surface area contributed by atoms with Crippen molar-refractivity contribution >= 4 is 111 Å². The summed E-state index contributed by atoms with van der Waals surface area (Å²) in [5.41, 5.74) is 10.1. The van der Waals surface area contributed by atoms with Crippen LogP contribution in [0.2, 0.25) is 0 Å². The zero-order chi connectivity index (χ0) is 37.1. The van der Waals surface area contributed by atoms with Gasteiger partial charge in [-0.05, 0) is 48.5 Å². The molecule has 0 radical (unpaired) electrons. The van der Waals surface area contributed by atoms with Gasteiger partial charge in [-0.3, -0.25) is 0 Å². The van der Waals surface area contributed by atoms with E-state index in [1.165, 1.54) is 0 Å². The van der Waals surface area contributed by atoms with Crippen LogP contribution in [0, 0.1) is 11.3 Å². The Morgan fingerprint density at radius 1 is 0.456 bits per heavy atom. The Hall–Kier alpha value is -7.89. The molecule has 0 aliphatic carbocycles. The molecule has 4 aromatic heterocycles. The van der Waals surface area contributed by atoms with E-state index in [0.29, 0.717) is 34.1 Å². The first-order valence-corrected chi connectivity index (χ1v) is 18.9. The van der Waals surface area contributed by atoms with E-state index in [4.69, 9.17) is 22.7 Å². The predicted octanol–water partition coefficient (Wildman–Crippen LogP) is 11.1. The van der Waals surface area contributed by atoms with Crippen molar-refractivity contribution in [1.82, 2.24) is 4.57 Å². The van der Waals surface area contributed by atoms with E-state index in [2.05, 4.69) is 53.1 Å². The molecule has 2 aliphatic rings. The number of fused-ring (bicyclic) bond motifs is 22. The van der Waals surface area contributed by atoms with Gasteiger partial charge in [0.05, 0.1) is 22.3 Å². The number of ether oxygens (including phenoxy) is 2. The lowest BCUT2D eigenvalue weighted by Crippen LogP contribution is -2.58. The minimum absolute atomic E-state index is 0.463. The average molecular weight is 731 g/mol. The number of para-hydroxylation sites is 5. The van der Waals surface area contributed by atoms with E-state index in [9.17, 15) is 5.26 Å². The maximum Gasteiger partial charge on any atom is 0.270 e. The lowest BCUT2D eigenvalue weighted by atomic mass is 9.34. The van der Waals surface area contributed by atoms with Gasteiger partial charge in [0.1, 0.15) is 45.5 Å². The van der Waals surface area contributed by atoms with E-state index in [1.54, 1.807) is 0 Å². The smallest absolute Gasteiger partial charge is 0.270 e. The van der Waals surface area contributed by atoms with Gasteiger partial charge in [-0.25, -0.2) is 0 Å². The third-order valence-electron chi connectivity index (χ3n) is 12.1. The first-order chi connectivity index (χ1) is 28.3. The zero-order valence-electron chi connectivity index (χ0n) is 29.8. The second kappa shape index (κ2) is 10.2. The van der Waals surface area contributed by atoms with Crippen LogP contribution >= 0.6 is 0 Å². The standard InChI is InChI=1S/C49H23BN2O5/c51-24-25-12-1-6-17-30(25)52-31-18-7-2-13-26(31)37-38-27-14-3-8-19-32(27)53-45(38)42-48(44(37)52)56-35-22-11-23-36-41(35)50(42)43-46-39(28-15-4-9-20-33(28)54-46)40-29-16-5-10-21-34(29)55-47(40)49(43)57-36/h1-23H. The monoisotopic (exact) mass is 730 g/mol. The molecule has 8 heteroatoms. The number of nitrogens with zero attached hydrogens (tertiary/aromatic N) is 2. The van der Waals surface area contributed by atoms with Crippen molar-refractivity contribution in [1.29, 1.82) is 5.26 Å². The Morgan fingerprint density at radius 2 is 0.965 bits per heavy atom. The van der Waals surface area contributed by atoms with Crippen LogP contribution in [0.4, 0.5) is 0 Å². The van der Waals surface area contributed by atoms with Gasteiger partial charge in [-0.1, -0.05) is 91.0 Å². The van der Waals surface area contributed by atoms with E-state index in [-0.39, 0.29) is 0 Å². The van der Waals surface area contributed by atoms with Crippen LogP contribution in [0.3, 0.4) is 0 Å². The molecule has 8 aromatic carbocycles. The average Bonchev–Trinajstić information content (AvgIpc) is 4.03. The predicted molar refractivity (Wildman–Crippen MR) is 225 cm³/mol. The SMILES string of the molecule is N#Cc1ccccc1-n1c2ccccc2c2c3c(oc4ccccc43)c3c(c21)Oc1cccc2c1B3c1c(c3oc4ccccc4c3c3c1oc1ccccc13)O2. The minimum Gasteiger partial charge on any atom is -0.456 e. The molecular weight excluding hydrogens is 707 g/mol. The number of nitriles is 1. The van der Waals surface area contributed by atoms with Gasteiger partial charge in [0.2, 0.25) is 0 Å². The van der Waals surface area contributed by atoms with Crippen molar-refractivity contribution in [2.24, 2.45) is 0 Å². The molecule has 262 valence electrons.